The van der Waals surface area contributed by atoms with Gasteiger partial charge in [-0.2, -0.15) is 5.10 Å². The van der Waals surface area contributed by atoms with Crippen LogP contribution in [0.3, 0.4) is 0 Å². The molecule has 0 aliphatic carbocycles. The summed E-state index contributed by atoms with van der Waals surface area (Å²) in [6, 6.07) is 3.44. The Morgan fingerprint density at radius 2 is 2.22 bits per heavy atom. The summed E-state index contributed by atoms with van der Waals surface area (Å²) in [6.45, 7) is 4.01. The van der Waals surface area contributed by atoms with E-state index in [4.69, 9.17) is 21.1 Å². The van der Waals surface area contributed by atoms with Gasteiger partial charge in [-0.1, -0.05) is 18.5 Å². The number of amides is 2. The summed E-state index contributed by atoms with van der Waals surface area (Å²) in [6.07, 6.45) is 2.48. The van der Waals surface area contributed by atoms with Gasteiger partial charge in [0, 0.05) is 19.4 Å². The molecule has 0 spiro atoms. The first-order chi connectivity index (χ1) is 13.1. The third-order valence-electron chi connectivity index (χ3n) is 4.66. The molecule has 2 N–H and O–H groups in total. The van der Waals surface area contributed by atoms with Crippen LogP contribution in [0.1, 0.15) is 30.6 Å². The Kier molecular flexibility index (Phi) is 5.07. The summed E-state index contributed by atoms with van der Waals surface area (Å²) in [5, 5.41) is 10.8. The maximum atomic E-state index is 12.3. The zero-order valence-corrected chi connectivity index (χ0v) is 15.9. The summed E-state index contributed by atoms with van der Waals surface area (Å²) < 4.78 is 13.0. The van der Waals surface area contributed by atoms with E-state index in [0.29, 0.717) is 42.8 Å². The van der Waals surface area contributed by atoms with E-state index >= 15 is 0 Å². The Bertz CT molecular complexity index is 854. The van der Waals surface area contributed by atoms with Crippen molar-refractivity contribution in [2.24, 2.45) is 0 Å². The normalized spacial score (nSPS) is 17.9. The molecule has 27 heavy (non-hydrogen) atoms. The number of fused-ring (bicyclic) bond motifs is 2. The number of benzene rings is 1. The van der Waals surface area contributed by atoms with Gasteiger partial charge in [0.1, 0.15) is 19.0 Å². The maximum Gasteiger partial charge on any atom is 0.315 e. The number of hydrogen-bond acceptors (Lipinski definition) is 5. The van der Waals surface area contributed by atoms with E-state index in [0.717, 1.165) is 36.5 Å². The first kappa shape index (κ1) is 17.9. The summed E-state index contributed by atoms with van der Waals surface area (Å²) in [7, 11) is 0. The molecule has 9 heteroatoms. The number of nitrogens with one attached hydrogen (secondary N) is 2. The van der Waals surface area contributed by atoms with Crippen molar-refractivity contribution >= 4 is 17.6 Å². The van der Waals surface area contributed by atoms with Crippen LogP contribution in [-0.2, 0) is 25.9 Å². The van der Waals surface area contributed by atoms with Crippen molar-refractivity contribution in [3.8, 4) is 11.5 Å². The van der Waals surface area contributed by atoms with Crippen molar-refractivity contribution in [2.45, 2.75) is 45.3 Å². The fourth-order valence-electron chi connectivity index (χ4n) is 3.31. The van der Waals surface area contributed by atoms with Gasteiger partial charge in [-0.05, 0) is 24.1 Å². The lowest BCUT2D eigenvalue weighted by Crippen LogP contribution is -2.45. The molecule has 1 unspecified atom stereocenters. The van der Waals surface area contributed by atoms with E-state index < -0.39 is 0 Å². The molecule has 2 amide bonds. The predicted molar refractivity (Wildman–Crippen MR) is 99.3 cm³/mol. The van der Waals surface area contributed by atoms with Gasteiger partial charge in [0.15, 0.2) is 17.3 Å². The predicted octanol–water partition coefficient (Wildman–Crippen LogP) is 2.08. The average molecular weight is 392 g/mol. The Balaban J connectivity index is 1.32. The Hall–Kier alpha value is -2.48. The molecule has 0 saturated carbocycles. The zero-order chi connectivity index (χ0) is 18.8. The standard InChI is InChI=1S/C18H22ClN5O3/c1-2-15-22-16-4-3-12(10-24(16)23-15)21-18(25)20-9-11-7-13(19)17-14(8-11)26-5-6-27-17/h7-8,12H,2-6,9-10H2,1H3,(H2,20,21,25). The van der Waals surface area contributed by atoms with Crippen molar-refractivity contribution in [3.63, 3.8) is 0 Å². The van der Waals surface area contributed by atoms with Gasteiger partial charge in [0.25, 0.3) is 0 Å². The van der Waals surface area contributed by atoms with Crippen LogP contribution in [0.25, 0.3) is 0 Å². The summed E-state index contributed by atoms with van der Waals surface area (Å²) in [5.74, 6) is 3.03. The Morgan fingerprint density at radius 3 is 3.07 bits per heavy atom. The van der Waals surface area contributed by atoms with Gasteiger partial charge in [-0.25, -0.2) is 14.5 Å². The van der Waals surface area contributed by atoms with Crippen LogP contribution in [0.2, 0.25) is 5.02 Å². The minimum atomic E-state index is -0.217. The number of aryl methyl sites for hydroxylation is 2. The van der Waals surface area contributed by atoms with E-state index in [2.05, 4.69) is 20.7 Å². The molecule has 2 aliphatic heterocycles. The highest BCUT2D eigenvalue weighted by Gasteiger charge is 2.23. The topological polar surface area (TPSA) is 90.3 Å². The zero-order valence-electron chi connectivity index (χ0n) is 15.1. The molecule has 1 aromatic carbocycles. The third-order valence-corrected chi connectivity index (χ3v) is 4.94. The largest absolute Gasteiger partial charge is 0.486 e. The number of aromatic nitrogens is 3. The first-order valence-corrected chi connectivity index (χ1v) is 9.55. The van der Waals surface area contributed by atoms with Crippen LogP contribution in [0, 0.1) is 0 Å². The fourth-order valence-corrected chi connectivity index (χ4v) is 3.60. The number of halogens is 1. The van der Waals surface area contributed by atoms with Crippen molar-refractivity contribution in [1.29, 1.82) is 0 Å². The van der Waals surface area contributed by atoms with E-state index in [1.54, 1.807) is 6.07 Å². The number of carbonyl (C=O) groups is 1. The number of nitrogens with zero attached hydrogens (tertiary/aromatic N) is 3. The van der Waals surface area contributed by atoms with Crippen LogP contribution in [0.15, 0.2) is 12.1 Å². The van der Waals surface area contributed by atoms with Gasteiger partial charge >= 0.3 is 6.03 Å². The minimum Gasteiger partial charge on any atom is -0.486 e. The molecule has 3 heterocycles. The molecular weight excluding hydrogens is 370 g/mol. The van der Waals surface area contributed by atoms with Gasteiger partial charge < -0.3 is 20.1 Å². The third kappa shape index (κ3) is 3.95. The lowest BCUT2D eigenvalue weighted by Gasteiger charge is -2.24. The van der Waals surface area contributed by atoms with Crippen LogP contribution >= 0.6 is 11.6 Å². The molecule has 0 radical (unpaired) electrons. The van der Waals surface area contributed by atoms with Gasteiger partial charge in [-0.3, -0.25) is 0 Å². The fraction of sp³-hybridized carbons (Fsp3) is 0.500. The minimum absolute atomic E-state index is 0.0350. The molecule has 144 valence electrons. The number of carbonyl (C=O) groups excluding carboxylic acids is 1. The number of ether oxygens (including phenoxy) is 2. The average Bonchev–Trinajstić information content (AvgIpc) is 3.09. The second kappa shape index (κ2) is 7.64. The van der Waals surface area contributed by atoms with Crippen molar-refractivity contribution in [1.82, 2.24) is 25.4 Å². The number of urea groups is 1. The molecule has 2 aliphatic rings. The van der Waals surface area contributed by atoms with Gasteiger partial charge in [0.05, 0.1) is 17.6 Å². The summed E-state index contributed by atoms with van der Waals surface area (Å²) in [5.41, 5.74) is 0.856. The molecule has 1 aromatic heterocycles. The molecular formula is C18H22ClN5O3. The molecule has 0 fully saturated rings. The molecule has 4 rings (SSSR count). The van der Waals surface area contributed by atoms with Crippen molar-refractivity contribution < 1.29 is 14.3 Å². The smallest absolute Gasteiger partial charge is 0.315 e. The van der Waals surface area contributed by atoms with Crippen molar-refractivity contribution in [3.05, 3.63) is 34.4 Å². The quantitative estimate of drug-likeness (QED) is 0.832. The molecule has 2 aromatic rings. The highest BCUT2D eigenvalue weighted by molar-refractivity contribution is 6.32. The van der Waals surface area contributed by atoms with Crippen molar-refractivity contribution in [2.75, 3.05) is 13.2 Å². The van der Waals surface area contributed by atoms with E-state index in [1.807, 2.05) is 17.7 Å². The lowest BCUT2D eigenvalue weighted by atomic mass is 10.1. The van der Waals surface area contributed by atoms with Crippen LogP contribution in [0.4, 0.5) is 4.79 Å². The second-order valence-electron chi connectivity index (χ2n) is 6.64. The summed E-state index contributed by atoms with van der Waals surface area (Å²) in [4.78, 5) is 16.8. The first-order valence-electron chi connectivity index (χ1n) is 9.17. The molecule has 0 saturated heterocycles. The lowest BCUT2D eigenvalue weighted by molar-refractivity contribution is 0.171. The van der Waals surface area contributed by atoms with E-state index in [9.17, 15) is 4.79 Å². The summed E-state index contributed by atoms with van der Waals surface area (Å²) >= 11 is 6.23. The SMILES string of the molecule is CCc1nc2n(n1)CC(NC(=O)NCc1cc(Cl)c3c(c1)OCCO3)CC2. The monoisotopic (exact) mass is 391 g/mol. The Labute approximate surface area is 162 Å². The van der Waals surface area contributed by atoms with Gasteiger partial charge in [-0.15, -0.1) is 0 Å². The second-order valence-corrected chi connectivity index (χ2v) is 7.05. The van der Waals surface area contributed by atoms with E-state index in [1.165, 1.54) is 0 Å². The Morgan fingerprint density at radius 1 is 1.37 bits per heavy atom. The van der Waals surface area contributed by atoms with Crippen LogP contribution in [-0.4, -0.2) is 40.1 Å². The highest BCUT2D eigenvalue weighted by atomic mass is 35.5. The molecule has 1 atom stereocenters. The van der Waals surface area contributed by atoms with Crippen LogP contribution < -0.4 is 20.1 Å². The maximum absolute atomic E-state index is 12.3. The number of hydrogen-bond donors (Lipinski definition) is 2. The van der Waals surface area contributed by atoms with Gasteiger partial charge in [0.2, 0.25) is 0 Å². The molecule has 0 bridgehead atoms. The van der Waals surface area contributed by atoms with Crippen LogP contribution in [0.5, 0.6) is 11.5 Å². The van der Waals surface area contributed by atoms with E-state index in [-0.39, 0.29) is 12.1 Å². The molecule has 8 nitrogen and oxygen atoms in total. The highest BCUT2D eigenvalue weighted by Crippen LogP contribution is 2.38. The number of rotatable bonds is 4.